The fourth-order valence-corrected chi connectivity index (χ4v) is 3.10. The minimum absolute atomic E-state index is 0.0463. The van der Waals surface area contributed by atoms with E-state index < -0.39 is 0 Å². The fourth-order valence-electron chi connectivity index (χ4n) is 3.10. The van der Waals surface area contributed by atoms with E-state index in [1.807, 2.05) is 4.90 Å². The number of rotatable bonds is 8. The second-order valence-electron chi connectivity index (χ2n) is 6.49. The number of unbranched alkanes of at least 4 members (excludes halogenated alkanes) is 3. The van der Waals surface area contributed by atoms with Gasteiger partial charge in [0, 0.05) is 18.5 Å². The van der Waals surface area contributed by atoms with Crippen LogP contribution in [0.2, 0.25) is 0 Å². The molecular weight excluding hydrogens is 248 g/mol. The molecule has 0 aromatic carbocycles. The molecule has 0 N–H and O–H groups in total. The number of nitriles is 1. The van der Waals surface area contributed by atoms with Crippen molar-refractivity contribution in [2.45, 2.75) is 72.1 Å². The lowest BCUT2D eigenvalue weighted by Crippen LogP contribution is -2.41. The quantitative estimate of drug-likeness (QED) is 0.626. The third-order valence-electron chi connectivity index (χ3n) is 4.59. The van der Waals surface area contributed by atoms with Gasteiger partial charge in [-0.05, 0) is 19.3 Å². The molecule has 0 bridgehead atoms. The van der Waals surface area contributed by atoms with E-state index in [1.54, 1.807) is 0 Å². The minimum Gasteiger partial charge on any atom is -0.341 e. The van der Waals surface area contributed by atoms with Crippen LogP contribution in [0.4, 0.5) is 0 Å². The molecular formula is C17H30N2O. The molecule has 0 aliphatic carbocycles. The lowest BCUT2D eigenvalue weighted by Gasteiger charge is -2.33. The summed E-state index contributed by atoms with van der Waals surface area (Å²) in [6.45, 7) is 7.93. The van der Waals surface area contributed by atoms with Crippen molar-refractivity contribution in [1.82, 2.24) is 4.90 Å². The van der Waals surface area contributed by atoms with Gasteiger partial charge in [-0.25, -0.2) is 0 Å². The van der Waals surface area contributed by atoms with Crippen molar-refractivity contribution >= 4 is 5.91 Å². The van der Waals surface area contributed by atoms with E-state index in [2.05, 4.69) is 26.8 Å². The molecule has 0 radical (unpaired) electrons. The molecule has 1 amide bonds. The van der Waals surface area contributed by atoms with E-state index in [4.69, 9.17) is 5.26 Å². The van der Waals surface area contributed by atoms with Gasteiger partial charge >= 0.3 is 0 Å². The Balaban J connectivity index is 2.66. The first-order chi connectivity index (χ1) is 9.57. The zero-order valence-corrected chi connectivity index (χ0v) is 13.5. The first-order valence-corrected chi connectivity index (χ1v) is 8.26. The minimum atomic E-state index is -0.213. The van der Waals surface area contributed by atoms with Crippen LogP contribution >= 0.6 is 0 Å². The van der Waals surface area contributed by atoms with Crippen LogP contribution in [-0.4, -0.2) is 23.9 Å². The van der Waals surface area contributed by atoms with Crippen molar-refractivity contribution in [3.8, 4) is 6.07 Å². The average Bonchev–Trinajstić information content (AvgIpc) is 2.93. The summed E-state index contributed by atoms with van der Waals surface area (Å²) in [4.78, 5) is 14.8. The van der Waals surface area contributed by atoms with Gasteiger partial charge in [-0.1, -0.05) is 52.9 Å². The third kappa shape index (κ3) is 4.51. The Kier molecular flexibility index (Phi) is 7.05. The van der Waals surface area contributed by atoms with Gasteiger partial charge in [-0.15, -0.1) is 0 Å². The fraction of sp³-hybridized carbons (Fsp3) is 0.882. The molecule has 3 heteroatoms. The lowest BCUT2D eigenvalue weighted by molar-refractivity contribution is -0.141. The van der Waals surface area contributed by atoms with E-state index in [9.17, 15) is 4.79 Å². The van der Waals surface area contributed by atoms with E-state index in [0.29, 0.717) is 12.5 Å². The van der Waals surface area contributed by atoms with Crippen LogP contribution < -0.4 is 0 Å². The van der Waals surface area contributed by atoms with Gasteiger partial charge in [0.25, 0.3) is 0 Å². The van der Waals surface area contributed by atoms with Gasteiger partial charge in [-0.3, -0.25) is 4.79 Å². The first-order valence-electron chi connectivity index (χ1n) is 8.26. The summed E-state index contributed by atoms with van der Waals surface area (Å²) in [5.74, 6) is 0.338. The topological polar surface area (TPSA) is 44.1 Å². The summed E-state index contributed by atoms with van der Waals surface area (Å²) in [7, 11) is 0. The molecule has 1 saturated heterocycles. The van der Waals surface area contributed by atoms with Crippen molar-refractivity contribution in [2.75, 3.05) is 13.1 Å². The Hall–Kier alpha value is -1.04. The lowest BCUT2D eigenvalue weighted by atomic mass is 9.78. The van der Waals surface area contributed by atoms with Crippen molar-refractivity contribution in [3.05, 3.63) is 0 Å². The maximum Gasteiger partial charge on any atom is 0.228 e. The molecule has 0 spiro atoms. The SMILES string of the molecule is CCCCCC(C)(CCCC)C(=O)N1CCC(C#N)C1. The number of hydrogen-bond acceptors (Lipinski definition) is 2. The molecule has 1 aliphatic heterocycles. The summed E-state index contributed by atoms with van der Waals surface area (Å²) >= 11 is 0. The number of carbonyl (C=O) groups excluding carboxylic acids is 1. The van der Waals surface area contributed by atoms with E-state index in [1.165, 1.54) is 12.8 Å². The van der Waals surface area contributed by atoms with Gasteiger partial charge in [0.1, 0.15) is 0 Å². The van der Waals surface area contributed by atoms with Gasteiger partial charge in [-0.2, -0.15) is 5.26 Å². The highest BCUT2D eigenvalue weighted by atomic mass is 16.2. The number of amides is 1. The molecule has 0 aromatic rings. The molecule has 2 atom stereocenters. The predicted octanol–water partition coefficient (Wildman–Crippen LogP) is 4.14. The van der Waals surface area contributed by atoms with Crippen molar-refractivity contribution in [3.63, 3.8) is 0 Å². The summed E-state index contributed by atoms with van der Waals surface area (Å²) in [6.07, 6.45) is 8.61. The molecule has 0 aromatic heterocycles. The number of likely N-dealkylation sites (tertiary alicyclic amines) is 1. The smallest absolute Gasteiger partial charge is 0.228 e. The molecule has 3 nitrogen and oxygen atoms in total. The van der Waals surface area contributed by atoms with Gasteiger partial charge in [0.2, 0.25) is 5.91 Å². The van der Waals surface area contributed by atoms with Crippen molar-refractivity contribution in [1.29, 1.82) is 5.26 Å². The normalized spacial score (nSPS) is 21.5. The summed E-state index contributed by atoms with van der Waals surface area (Å²) < 4.78 is 0. The Bertz CT molecular complexity index is 347. The Morgan fingerprint density at radius 3 is 2.45 bits per heavy atom. The number of nitrogens with zero attached hydrogens (tertiary/aromatic N) is 2. The zero-order chi connectivity index (χ0) is 15.0. The molecule has 1 heterocycles. The number of hydrogen-bond donors (Lipinski definition) is 0. The Morgan fingerprint density at radius 1 is 1.25 bits per heavy atom. The molecule has 1 aliphatic rings. The molecule has 1 fully saturated rings. The maximum atomic E-state index is 12.8. The first kappa shape index (κ1) is 17.0. The molecule has 114 valence electrons. The Morgan fingerprint density at radius 2 is 1.90 bits per heavy atom. The average molecular weight is 278 g/mol. The van der Waals surface area contributed by atoms with Crippen LogP contribution in [0.5, 0.6) is 0 Å². The maximum absolute atomic E-state index is 12.8. The summed E-state index contributed by atoms with van der Waals surface area (Å²) in [5.41, 5.74) is -0.213. The van der Waals surface area contributed by atoms with E-state index in [-0.39, 0.29) is 11.3 Å². The van der Waals surface area contributed by atoms with Crippen LogP contribution in [0, 0.1) is 22.7 Å². The largest absolute Gasteiger partial charge is 0.341 e. The second-order valence-corrected chi connectivity index (χ2v) is 6.49. The van der Waals surface area contributed by atoms with Crippen LogP contribution in [0.25, 0.3) is 0 Å². The van der Waals surface area contributed by atoms with Crippen molar-refractivity contribution < 1.29 is 4.79 Å². The third-order valence-corrected chi connectivity index (χ3v) is 4.59. The van der Waals surface area contributed by atoms with Crippen LogP contribution in [-0.2, 0) is 4.79 Å². The van der Waals surface area contributed by atoms with Crippen LogP contribution in [0.3, 0.4) is 0 Å². The highest BCUT2D eigenvalue weighted by molar-refractivity contribution is 5.82. The highest BCUT2D eigenvalue weighted by Crippen LogP contribution is 2.34. The molecule has 20 heavy (non-hydrogen) atoms. The van der Waals surface area contributed by atoms with Crippen LogP contribution in [0.15, 0.2) is 0 Å². The van der Waals surface area contributed by atoms with E-state index in [0.717, 1.165) is 45.1 Å². The van der Waals surface area contributed by atoms with E-state index >= 15 is 0 Å². The molecule has 1 rings (SSSR count). The summed E-state index contributed by atoms with van der Waals surface area (Å²) in [5, 5.41) is 9.00. The van der Waals surface area contributed by atoms with Crippen molar-refractivity contribution in [2.24, 2.45) is 11.3 Å². The monoisotopic (exact) mass is 278 g/mol. The Labute approximate surface area is 124 Å². The van der Waals surface area contributed by atoms with Gasteiger partial charge < -0.3 is 4.90 Å². The van der Waals surface area contributed by atoms with Gasteiger partial charge in [0.15, 0.2) is 0 Å². The molecule has 2 unspecified atom stereocenters. The zero-order valence-electron chi connectivity index (χ0n) is 13.5. The standard InChI is InChI=1S/C17H30N2O/c1-4-6-8-11-17(3,10-7-5-2)16(20)19-12-9-15(13-18)14-19/h15H,4-12,14H2,1-3H3. The summed E-state index contributed by atoms with van der Waals surface area (Å²) in [6, 6.07) is 2.30. The number of carbonyl (C=O) groups is 1. The second kappa shape index (κ2) is 8.29. The predicted molar refractivity (Wildman–Crippen MR) is 82.1 cm³/mol. The molecule has 0 saturated carbocycles. The highest BCUT2D eigenvalue weighted by Gasteiger charge is 2.38. The van der Waals surface area contributed by atoms with Crippen LogP contribution in [0.1, 0.15) is 72.1 Å². The van der Waals surface area contributed by atoms with Gasteiger partial charge in [0.05, 0.1) is 12.0 Å².